The van der Waals surface area contributed by atoms with Gasteiger partial charge in [-0.15, -0.1) is 0 Å². The smallest absolute Gasteiger partial charge is 0.360 e. The maximum atomic E-state index is 11.5. The molecule has 0 aliphatic carbocycles. The summed E-state index contributed by atoms with van der Waals surface area (Å²) in [5.41, 5.74) is 0.391. The van der Waals surface area contributed by atoms with E-state index in [-0.39, 0.29) is 23.1 Å². The van der Waals surface area contributed by atoms with Crippen molar-refractivity contribution in [1.29, 1.82) is 0 Å². The third-order valence-corrected chi connectivity index (χ3v) is 2.38. The monoisotopic (exact) mass is 259 g/mol. The summed E-state index contributed by atoms with van der Waals surface area (Å²) < 4.78 is 6.29. The first-order chi connectivity index (χ1) is 7.63. The van der Waals surface area contributed by atoms with Gasteiger partial charge in [0.25, 0.3) is 0 Å². The van der Waals surface area contributed by atoms with Crippen LogP contribution in [0.5, 0.6) is 0 Å². The zero-order valence-corrected chi connectivity index (χ0v) is 9.79. The van der Waals surface area contributed by atoms with E-state index in [1.165, 1.54) is 16.8 Å². The van der Waals surface area contributed by atoms with E-state index >= 15 is 0 Å². The van der Waals surface area contributed by atoms with Crippen LogP contribution < -0.4 is 0 Å². The molecule has 0 aliphatic rings. The molecule has 2 aromatic rings. The fraction of sp³-hybridized carbons (Fsp3) is 0.222. The standard InChI is InChI=1S/C9H7Cl2N3O2/c1-2-16-9(15)7-8-13-5(10)3-6(11)14(8)4-12-7/h3-4H,2H2,1H3. The minimum atomic E-state index is -0.546. The molecule has 7 heteroatoms. The van der Waals surface area contributed by atoms with Crippen molar-refractivity contribution in [3.8, 4) is 0 Å². The molecule has 84 valence electrons. The zero-order chi connectivity index (χ0) is 11.7. The quantitative estimate of drug-likeness (QED) is 0.613. The highest BCUT2D eigenvalue weighted by atomic mass is 35.5. The summed E-state index contributed by atoms with van der Waals surface area (Å²) in [6, 6.07) is 1.47. The van der Waals surface area contributed by atoms with Crippen molar-refractivity contribution in [1.82, 2.24) is 14.4 Å². The van der Waals surface area contributed by atoms with E-state index in [9.17, 15) is 4.79 Å². The SMILES string of the molecule is CCOC(=O)c1ncn2c(Cl)cc(Cl)nc12. The molecule has 0 fully saturated rings. The Balaban J connectivity index is 2.60. The Kier molecular flexibility index (Phi) is 2.98. The Bertz CT molecular complexity index is 553. The summed E-state index contributed by atoms with van der Waals surface area (Å²) in [4.78, 5) is 19.4. The lowest BCUT2D eigenvalue weighted by atomic mass is 10.4. The van der Waals surface area contributed by atoms with Crippen molar-refractivity contribution in [3.05, 3.63) is 28.4 Å². The van der Waals surface area contributed by atoms with Crippen LogP contribution in [-0.2, 0) is 4.74 Å². The van der Waals surface area contributed by atoms with Crippen LogP contribution in [0.1, 0.15) is 17.4 Å². The lowest BCUT2D eigenvalue weighted by Gasteiger charge is -2.00. The van der Waals surface area contributed by atoms with E-state index in [0.717, 1.165) is 0 Å². The number of nitrogens with zero attached hydrogens (tertiary/aromatic N) is 3. The fourth-order valence-electron chi connectivity index (χ4n) is 1.25. The van der Waals surface area contributed by atoms with Gasteiger partial charge in [-0.1, -0.05) is 23.2 Å². The Hall–Kier alpha value is -1.33. The predicted molar refractivity (Wildman–Crippen MR) is 59.0 cm³/mol. The topological polar surface area (TPSA) is 56.5 Å². The van der Waals surface area contributed by atoms with Gasteiger partial charge in [0.1, 0.15) is 16.6 Å². The normalized spacial score (nSPS) is 10.7. The molecule has 0 radical (unpaired) electrons. The molecule has 0 atom stereocenters. The van der Waals surface area contributed by atoms with Crippen molar-refractivity contribution in [2.24, 2.45) is 0 Å². The highest BCUT2D eigenvalue weighted by Crippen LogP contribution is 2.19. The van der Waals surface area contributed by atoms with E-state index < -0.39 is 5.97 Å². The van der Waals surface area contributed by atoms with Gasteiger partial charge in [-0.3, -0.25) is 4.40 Å². The molecule has 0 N–H and O–H groups in total. The molecule has 0 unspecified atom stereocenters. The zero-order valence-electron chi connectivity index (χ0n) is 8.28. The number of carbonyl (C=O) groups is 1. The first kappa shape index (κ1) is 11.2. The van der Waals surface area contributed by atoms with E-state index in [2.05, 4.69) is 9.97 Å². The number of aromatic nitrogens is 3. The van der Waals surface area contributed by atoms with Crippen LogP contribution in [0.3, 0.4) is 0 Å². The summed E-state index contributed by atoms with van der Waals surface area (Å²) in [5.74, 6) is -0.546. The summed E-state index contributed by atoms with van der Waals surface area (Å²) in [7, 11) is 0. The van der Waals surface area contributed by atoms with Gasteiger partial charge >= 0.3 is 5.97 Å². The van der Waals surface area contributed by atoms with Gasteiger partial charge in [0.05, 0.1) is 6.61 Å². The molecular formula is C9H7Cl2N3O2. The molecule has 0 bridgehead atoms. The highest BCUT2D eigenvalue weighted by Gasteiger charge is 2.17. The molecule has 0 aromatic carbocycles. The van der Waals surface area contributed by atoms with Gasteiger partial charge < -0.3 is 4.74 Å². The average Bonchev–Trinajstić information content (AvgIpc) is 2.61. The first-order valence-electron chi connectivity index (χ1n) is 4.49. The fourth-order valence-corrected chi connectivity index (χ4v) is 1.72. The number of carbonyl (C=O) groups excluding carboxylic acids is 1. The van der Waals surface area contributed by atoms with Crippen LogP contribution in [0.15, 0.2) is 12.4 Å². The third kappa shape index (κ3) is 1.83. The minimum Gasteiger partial charge on any atom is -0.461 e. The number of hydrogen-bond acceptors (Lipinski definition) is 4. The molecule has 0 amide bonds. The Morgan fingerprint density at radius 3 is 3.00 bits per heavy atom. The number of imidazole rings is 1. The lowest BCUT2D eigenvalue weighted by Crippen LogP contribution is -2.06. The van der Waals surface area contributed by atoms with Crippen molar-refractivity contribution in [2.45, 2.75) is 6.92 Å². The molecule has 2 heterocycles. The van der Waals surface area contributed by atoms with Gasteiger partial charge in [0.2, 0.25) is 0 Å². The predicted octanol–water partition coefficient (Wildman–Crippen LogP) is 2.21. The molecule has 0 spiro atoms. The molecule has 0 aliphatic heterocycles. The van der Waals surface area contributed by atoms with Gasteiger partial charge in [-0.25, -0.2) is 14.8 Å². The van der Waals surface area contributed by atoms with Crippen LogP contribution >= 0.6 is 23.2 Å². The Morgan fingerprint density at radius 2 is 2.31 bits per heavy atom. The number of halogens is 2. The van der Waals surface area contributed by atoms with Gasteiger partial charge in [-0.2, -0.15) is 0 Å². The summed E-state index contributed by atoms with van der Waals surface area (Å²) >= 11 is 11.6. The van der Waals surface area contributed by atoms with Crippen LogP contribution in [0, 0.1) is 0 Å². The second-order valence-electron chi connectivity index (χ2n) is 2.91. The molecular weight excluding hydrogens is 253 g/mol. The van der Waals surface area contributed by atoms with E-state index in [4.69, 9.17) is 27.9 Å². The Labute approximate surface area is 101 Å². The van der Waals surface area contributed by atoms with E-state index in [1.54, 1.807) is 6.92 Å². The van der Waals surface area contributed by atoms with Crippen LogP contribution in [0.2, 0.25) is 10.3 Å². The van der Waals surface area contributed by atoms with Crippen LogP contribution in [-0.4, -0.2) is 26.9 Å². The molecule has 2 aromatic heterocycles. The number of fused-ring (bicyclic) bond motifs is 1. The molecule has 0 saturated carbocycles. The summed E-state index contributed by atoms with van der Waals surface area (Å²) in [6.07, 6.45) is 1.40. The number of hydrogen-bond donors (Lipinski definition) is 0. The third-order valence-electron chi connectivity index (χ3n) is 1.89. The van der Waals surface area contributed by atoms with Crippen molar-refractivity contribution in [3.63, 3.8) is 0 Å². The van der Waals surface area contributed by atoms with Crippen molar-refractivity contribution in [2.75, 3.05) is 6.61 Å². The van der Waals surface area contributed by atoms with Crippen molar-refractivity contribution >= 4 is 34.8 Å². The Morgan fingerprint density at radius 1 is 1.56 bits per heavy atom. The second-order valence-corrected chi connectivity index (χ2v) is 3.68. The van der Waals surface area contributed by atoms with Crippen molar-refractivity contribution < 1.29 is 9.53 Å². The van der Waals surface area contributed by atoms with Gasteiger partial charge in [0.15, 0.2) is 11.3 Å². The van der Waals surface area contributed by atoms with E-state index in [0.29, 0.717) is 5.15 Å². The second kappa shape index (κ2) is 4.27. The molecule has 5 nitrogen and oxygen atoms in total. The van der Waals surface area contributed by atoms with Gasteiger partial charge in [-0.05, 0) is 6.92 Å². The maximum absolute atomic E-state index is 11.5. The number of ether oxygens (including phenoxy) is 1. The average molecular weight is 260 g/mol. The summed E-state index contributed by atoms with van der Waals surface area (Å²) in [6.45, 7) is 1.98. The van der Waals surface area contributed by atoms with E-state index in [1.807, 2.05) is 0 Å². The highest BCUT2D eigenvalue weighted by molar-refractivity contribution is 6.33. The van der Waals surface area contributed by atoms with Crippen LogP contribution in [0.25, 0.3) is 5.65 Å². The van der Waals surface area contributed by atoms with Gasteiger partial charge in [0, 0.05) is 6.07 Å². The first-order valence-corrected chi connectivity index (χ1v) is 5.25. The number of rotatable bonds is 2. The van der Waals surface area contributed by atoms with Crippen LogP contribution in [0.4, 0.5) is 0 Å². The maximum Gasteiger partial charge on any atom is 0.360 e. The molecule has 2 rings (SSSR count). The summed E-state index contributed by atoms with van der Waals surface area (Å²) in [5, 5.41) is 0.529. The molecule has 0 saturated heterocycles. The minimum absolute atomic E-state index is 0.103. The molecule has 16 heavy (non-hydrogen) atoms. The lowest BCUT2D eigenvalue weighted by molar-refractivity contribution is 0.0522. The number of esters is 1. The largest absolute Gasteiger partial charge is 0.461 e.